The minimum Gasteiger partial charge on any atom is -0.455 e. The van der Waals surface area contributed by atoms with Crippen molar-refractivity contribution in [2.75, 3.05) is 0 Å². The van der Waals surface area contributed by atoms with Crippen LogP contribution in [0.2, 0.25) is 0 Å². The van der Waals surface area contributed by atoms with Gasteiger partial charge in [0.2, 0.25) is 0 Å². The van der Waals surface area contributed by atoms with Crippen LogP contribution in [-0.4, -0.2) is 19.5 Å². The van der Waals surface area contributed by atoms with Gasteiger partial charge in [-0.05, 0) is 53.9 Å². The van der Waals surface area contributed by atoms with E-state index in [-0.39, 0.29) is 0 Å². The Balaban J connectivity index is 1.08. The number of nitrogens with zero attached hydrogens (tertiary/aromatic N) is 4. The van der Waals surface area contributed by atoms with Crippen molar-refractivity contribution in [3.8, 4) is 50.7 Å². The van der Waals surface area contributed by atoms with Crippen molar-refractivity contribution in [3.05, 3.63) is 205 Å². The van der Waals surface area contributed by atoms with Gasteiger partial charge in [-0.1, -0.05) is 164 Å². The summed E-state index contributed by atoms with van der Waals surface area (Å²) in [4.78, 5) is 14.9. The highest BCUT2D eigenvalue weighted by Crippen LogP contribution is 2.36. The second-order valence-corrected chi connectivity index (χ2v) is 14.0. The van der Waals surface area contributed by atoms with Crippen molar-refractivity contribution in [2.45, 2.75) is 6.92 Å². The summed E-state index contributed by atoms with van der Waals surface area (Å²) < 4.78 is 9.18. The second-order valence-electron chi connectivity index (χ2n) is 14.0. The normalized spacial score (nSPS) is 12.2. The van der Waals surface area contributed by atoms with Crippen LogP contribution in [0.4, 0.5) is 0 Å². The van der Waals surface area contributed by atoms with Gasteiger partial charge in [0.15, 0.2) is 17.5 Å². The zero-order chi connectivity index (χ0) is 38.3. The van der Waals surface area contributed by atoms with Gasteiger partial charge in [-0.15, -0.1) is 0 Å². The van der Waals surface area contributed by atoms with Gasteiger partial charge in [0, 0.05) is 43.8 Å². The topological polar surface area (TPSA) is 56.7 Å². The predicted molar refractivity (Wildman–Crippen MR) is 234 cm³/mol. The third kappa shape index (κ3) is 6.03. The number of furan rings is 1. The maximum Gasteiger partial charge on any atom is 0.167 e. The van der Waals surface area contributed by atoms with Gasteiger partial charge in [0.1, 0.15) is 11.0 Å². The van der Waals surface area contributed by atoms with Gasteiger partial charge in [0.05, 0.1) is 16.6 Å². The van der Waals surface area contributed by atoms with Crippen molar-refractivity contribution in [1.29, 1.82) is 0 Å². The van der Waals surface area contributed by atoms with Crippen LogP contribution in [0.15, 0.2) is 192 Å². The molecule has 0 amide bonds. The highest BCUT2D eigenvalue weighted by molar-refractivity contribution is 6.10. The maximum atomic E-state index is 6.83. The Hall–Kier alpha value is -7.63. The minimum atomic E-state index is 0.513. The Labute approximate surface area is 329 Å². The van der Waals surface area contributed by atoms with E-state index in [9.17, 15) is 0 Å². The third-order valence-corrected chi connectivity index (χ3v) is 10.6. The van der Waals surface area contributed by atoms with E-state index >= 15 is 0 Å². The van der Waals surface area contributed by atoms with E-state index in [0.29, 0.717) is 22.9 Å². The lowest BCUT2D eigenvalue weighted by Gasteiger charge is -2.09. The first-order valence-electron chi connectivity index (χ1n) is 19.1. The molecule has 10 rings (SSSR count). The maximum absolute atomic E-state index is 6.83. The molecule has 5 heteroatoms. The molecule has 0 fully saturated rings. The van der Waals surface area contributed by atoms with Crippen molar-refractivity contribution in [1.82, 2.24) is 19.5 Å². The smallest absolute Gasteiger partial charge is 0.167 e. The van der Waals surface area contributed by atoms with Crippen LogP contribution in [-0.2, 0) is 0 Å². The van der Waals surface area contributed by atoms with Gasteiger partial charge in [0.25, 0.3) is 0 Å². The van der Waals surface area contributed by atoms with E-state index in [2.05, 4.69) is 126 Å². The fourth-order valence-electron chi connectivity index (χ4n) is 7.81. The summed E-state index contributed by atoms with van der Waals surface area (Å²) in [7, 11) is 0. The molecule has 0 N–H and O–H groups in total. The number of fused-ring (bicyclic) bond motifs is 4. The summed E-state index contributed by atoms with van der Waals surface area (Å²) in [5, 5.41) is 4.18. The highest BCUT2D eigenvalue weighted by atomic mass is 16.3. The zero-order valence-corrected chi connectivity index (χ0v) is 31.3. The van der Waals surface area contributed by atoms with E-state index in [1.165, 1.54) is 21.8 Å². The average molecular weight is 733 g/mol. The highest BCUT2D eigenvalue weighted by Gasteiger charge is 2.18. The molecule has 0 atom stereocenters. The molecule has 0 saturated carbocycles. The molecular weight excluding hydrogens is 697 g/mol. The largest absolute Gasteiger partial charge is 0.455 e. The summed E-state index contributed by atoms with van der Waals surface area (Å²) in [5.74, 6) is 1.69. The van der Waals surface area contributed by atoms with Crippen LogP contribution in [0.5, 0.6) is 0 Å². The number of allylic oxidation sites excluding steroid dienone is 2. The molecule has 0 radical (unpaired) electrons. The van der Waals surface area contributed by atoms with Gasteiger partial charge < -0.3 is 8.98 Å². The van der Waals surface area contributed by atoms with E-state index < -0.39 is 0 Å². The van der Waals surface area contributed by atoms with E-state index in [1.807, 2.05) is 79.7 Å². The predicted octanol–water partition coefficient (Wildman–Crippen LogP) is 11.6. The summed E-state index contributed by atoms with van der Waals surface area (Å²) in [6, 6.07) is 60.9. The van der Waals surface area contributed by atoms with Crippen molar-refractivity contribution in [2.24, 2.45) is 0 Å². The van der Waals surface area contributed by atoms with Crippen LogP contribution in [0.3, 0.4) is 0 Å². The molecule has 0 bridgehead atoms. The molecule has 5 nitrogen and oxygen atoms in total. The van der Waals surface area contributed by atoms with Crippen LogP contribution in [0.25, 0.3) is 95.6 Å². The minimum absolute atomic E-state index is 0.513. The standard InChI is InChI=1S/C52H36N4O/c1-3-16-44(52-54-50(37-17-7-4-8-18-37)53-51(55-52)38-19-9-5-10-20-38)48-34(2)41-24-15-25-42(49(41)57-48)36-29-27-35(28-30-36)39-31-32-47-45(33-39)43-23-13-14-26-46(43)56(47)40-21-11-6-12-22-40/h3-33H,2H2,1H3. The molecule has 10 aromatic rings. The van der Waals surface area contributed by atoms with E-state index in [1.54, 1.807) is 0 Å². The third-order valence-electron chi connectivity index (χ3n) is 10.6. The van der Waals surface area contributed by atoms with Crippen molar-refractivity contribution < 1.29 is 4.42 Å². The number of aromatic nitrogens is 4. The average Bonchev–Trinajstić information content (AvgIpc) is 3.80. The van der Waals surface area contributed by atoms with Crippen LogP contribution in [0, 0.1) is 0 Å². The SMILES string of the molecule is C=c1c(=C(C=CC)c2nc(-c3ccccc3)nc(-c3ccccc3)n2)oc2c(-c3ccc(-c4ccc5c(c4)c4ccccc4n5-c4ccccc4)cc3)cccc12. The lowest BCUT2D eigenvalue weighted by atomic mass is 9.98. The molecule has 0 aliphatic rings. The molecule has 270 valence electrons. The van der Waals surface area contributed by atoms with Crippen LogP contribution >= 0.6 is 0 Å². The number of rotatable bonds is 7. The number of hydrogen-bond acceptors (Lipinski definition) is 4. The second kappa shape index (κ2) is 14.2. The first-order chi connectivity index (χ1) is 28.1. The number of benzene rings is 7. The molecule has 0 aliphatic heterocycles. The first kappa shape index (κ1) is 33.9. The molecule has 3 aromatic heterocycles. The molecule has 0 spiro atoms. The molecular formula is C52H36N4O. The van der Waals surface area contributed by atoms with Gasteiger partial charge in [-0.2, -0.15) is 0 Å². The molecule has 3 heterocycles. The summed E-state index contributed by atoms with van der Waals surface area (Å²) in [6.45, 7) is 6.51. The van der Waals surface area contributed by atoms with Crippen molar-refractivity contribution in [3.63, 3.8) is 0 Å². The lowest BCUT2D eigenvalue weighted by Crippen LogP contribution is -2.22. The van der Waals surface area contributed by atoms with Gasteiger partial charge in [-0.3, -0.25) is 0 Å². The monoisotopic (exact) mass is 732 g/mol. The Bertz CT molecular complexity index is 3180. The Morgan fingerprint density at radius 1 is 0.526 bits per heavy atom. The summed E-state index contributed by atoms with van der Waals surface area (Å²) in [5.41, 5.74) is 11.8. The Kier molecular flexibility index (Phi) is 8.46. The molecule has 7 aromatic carbocycles. The number of hydrogen-bond donors (Lipinski definition) is 0. The fourth-order valence-corrected chi connectivity index (χ4v) is 7.81. The summed E-state index contributed by atoms with van der Waals surface area (Å²) in [6.07, 6.45) is 3.97. The quantitative estimate of drug-likeness (QED) is 0.164. The molecule has 0 saturated heterocycles. The lowest BCUT2D eigenvalue weighted by molar-refractivity contribution is 0.573. The Morgan fingerprint density at radius 3 is 1.79 bits per heavy atom. The van der Waals surface area contributed by atoms with Gasteiger partial charge in [-0.25, -0.2) is 15.0 Å². The molecule has 0 aliphatic carbocycles. The molecule has 57 heavy (non-hydrogen) atoms. The Morgan fingerprint density at radius 2 is 1.11 bits per heavy atom. The van der Waals surface area contributed by atoms with Gasteiger partial charge >= 0.3 is 0 Å². The van der Waals surface area contributed by atoms with Crippen LogP contribution < -0.4 is 10.6 Å². The van der Waals surface area contributed by atoms with Crippen molar-refractivity contribution >= 4 is 44.9 Å². The summed E-state index contributed by atoms with van der Waals surface area (Å²) >= 11 is 0. The first-order valence-corrected chi connectivity index (χ1v) is 19.1. The van der Waals surface area contributed by atoms with E-state index in [4.69, 9.17) is 19.4 Å². The van der Waals surface area contributed by atoms with Crippen LogP contribution in [0.1, 0.15) is 12.7 Å². The molecule has 0 unspecified atom stereocenters. The van der Waals surface area contributed by atoms with E-state index in [0.717, 1.165) is 60.8 Å². The zero-order valence-electron chi connectivity index (χ0n) is 31.3. The number of para-hydroxylation sites is 3. The fraction of sp³-hybridized carbons (Fsp3) is 0.0192.